The number of aliphatic imine (C=N–C) groups is 1. The Morgan fingerprint density at radius 2 is 2.40 bits per heavy atom. The molecular formula is C11H23N3O. The van der Waals surface area contributed by atoms with Crippen LogP contribution >= 0.6 is 0 Å². The maximum atomic E-state index is 5.01. The predicted octanol–water partition coefficient (Wildman–Crippen LogP) is 0.940. The first-order valence-electron chi connectivity index (χ1n) is 5.72. The van der Waals surface area contributed by atoms with Gasteiger partial charge in [0.1, 0.15) is 0 Å². The molecule has 0 aromatic rings. The van der Waals surface area contributed by atoms with Crippen molar-refractivity contribution < 1.29 is 4.74 Å². The molecule has 0 aliphatic carbocycles. The van der Waals surface area contributed by atoms with E-state index in [1.807, 2.05) is 7.05 Å². The number of nitrogens with zero attached hydrogens (tertiary/aromatic N) is 2. The summed E-state index contributed by atoms with van der Waals surface area (Å²) in [5.41, 5.74) is 0. The molecule has 1 saturated heterocycles. The first-order valence-corrected chi connectivity index (χ1v) is 5.72. The van der Waals surface area contributed by atoms with Crippen molar-refractivity contribution in [2.24, 2.45) is 10.9 Å². The third-order valence-electron chi connectivity index (χ3n) is 2.76. The van der Waals surface area contributed by atoms with Crippen molar-refractivity contribution in [3.8, 4) is 0 Å². The number of likely N-dealkylation sites (tertiary alicyclic amines) is 1. The van der Waals surface area contributed by atoms with Gasteiger partial charge < -0.3 is 15.0 Å². The molecular weight excluding hydrogens is 190 g/mol. The van der Waals surface area contributed by atoms with Crippen LogP contribution in [0.5, 0.6) is 0 Å². The van der Waals surface area contributed by atoms with E-state index in [0.29, 0.717) is 0 Å². The molecule has 1 N–H and O–H groups in total. The summed E-state index contributed by atoms with van der Waals surface area (Å²) < 4.78 is 5.01. The van der Waals surface area contributed by atoms with Gasteiger partial charge in [-0.25, -0.2) is 0 Å². The third kappa shape index (κ3) is 4.08. The first kappa shape index (κ1) is 12.3. The molecule has 0 saturated carbocycles. The van der Waals surface area contributed by atoms with Crippen LogP contribution < -0.4 is 5.32 Å². The van der Waals surface area contributed by atoms with E-state index in [1.54, 1.807) is 7.11 Å². The summed E-state index contributed by atoms with van der Waals surface area (Å²) in [7, 11) is 3.56. The van der Waals surface area contributed by atoms with E-state index in [-0.39, 0.29) is 0 Å². The monoisotopic (exact) mass is 213 g/mol. The zero-order chi connectivity index (χ0) is 11.1. The first-order chi connectivity index (χ1) is 7.27. The standard InChI is InChI=1S/C11H23N3O/c1-10-5-4-7-14(9-10)11(12-2)13-6-8-15-3/h10H,4-9H2,1-3H3,(H,12,13). The molecule has 88 valence electrons. The Hall–Kier alpha value is -0.770. The van der Waals surface area contributed by atoms with Gasteiger partial charge in [-0.2, -0.15) is 0 Å². The van der Waals surface area contributed by atoms with Gasteiger partial charge in [0.15, 0.2) is 5.96 Å². The highest BCUT2D eigenvalue weighted by Crippen LogP contribution is 2.15. The average Bonchev–Trinajstić information content (AvgIpc) is 2.24. The van der Waals surface area contributed by atoms with Gasteiger partial charge in [-0.05, 0) is 18.8 Å². The highest BCUT2D eigenvalue weighted by atomic mass is 16.5. The molecule has 1 aliphatic rings. The van der Waals surface area contributed by atoms with E-state index in [1.165, 1.54) is 12.8 Å². The minimum atomic E-state index is 0.725. The van der Waals surface area contributed by atoms with Crippen LogP contribution in [0.2, 0.25) is 0 Å². The van der Waals surface area contributed by atoms with Gasteiger partial charge in [-0.1, -0.05) is 6.92 Å². The van der Waals surface area contributed by atoms with Gasteiger partial charge in [-0.3, -0.25) is 4.99 Å². The van der Waals surface area contributed by atoms with E-state index in [2.05, 4.69) is 22.1 Å². The summed E-state index contributed by atoms with van der Waals surface area (Å²) in [4.78, 5) is 6.63. The average molecular weight is 213 g/mol. The lowest BCUT2D eigenvalue weighted by Crippen LogP contribution is -2.46. The number of ether oxygens (including phenoxy) is 1. The number of methoxy groups -OCH3 is 1. The summed E-state index contributed by atoms with van der Waals surface area (Å²) in [6, 6.07) is 0. The lowest BCUT2D eigenvalue weighted by Gasteiger charge is -2.33. The minimum Gasteiger partial charge on any atom is -0.383 e. The Kier molecular flexibility index (Phi) is 5.47. The molecule has 0 aromatic heterocycles. The normalized spacial score (nSPS) is 23.0. The van der Waals surface area contributed by atoms with Crippen LogP contribution in [0.4, 0.5) is 0 Å². The fourth-order valence-electron chi connectivity index (χ4n) is 1.98. The zero-order valence-electron chi connectivity index (χ0n) is 10.1. The van der Waals surface area contributed by atoms with Crippen molar-refractivity contribution in [1.82, 2.24) is 10.2 Å². The second-order valence-corrected chi connectivity index (χ2v) is 4.16. The van der Waals surface area contributed by atoms with Crippen LogP contribution in [0, 0.1) is 5.92 Å². The van der Waals surface area contributed by atoms with E-state index in [9.17, 15) is 0 Å². The second kappa shape index (κ2) is 6.67. The maximum Gasteiger partial charge on any atom is 0.193 e. The number of nitrogens with one attached hydrogen (secondary N) is 1. The van der Waals surface area contributed by atoms with Gasteiger partial charge in [0.25, 0.3) is 0 Å². The highest BCUT2D eigenvalue weighted by Gasteiger charge is 2.18. The zero-order valence-corrected chi connectivity index (χ0v) is 10.1. The molecule has 0 radical (unpaired) electrons. The van der Waals surface area contributed by atoms with E-state index < -0.39 is 0 Å². The van der Waals surface area contributed by atoms with Crippen LogP contribution in [0.25, 0.3) is 0 Å². The van der Waals surface area contributed by atoms with Gasteiger partial charge in [0.05, 0.1) is 6.61 Å². The molecule has 15 heavy (non-hydrogen) atoms. The van der Waals surface area contributed by atoms with Crippen molar-refractivity contribution in [2.45, 2.75) is 19.8 Å². The van der Waals surface area contributed by atoms with E-state index >= 15 is 0 Å². The fraction of sp³-hybridized carbons (Fsp3) is 0.909. The van der Waals surface area contributed by atoms with Gasteiger partial charge in [0.2, 0.25) is 0 Å². The molecule has 0 aromatic carbocycles. The molecule has 1 heterocycles. The number of guanidine groups is 1. The number of hydrogen-bond acceptors (Lipinski definition) is 2. The number of piperidine rings is 1. The van der Waals surface area contributed by atoms with Crippen molar-refractivity contribution in [3.63, 3.8) is 0 Å². The topological polar surface area (TPSA) is 36.9 Å². The van der Waals surface area contributed by atoms with Crippen LogP contribution in [-0.4, -0.2) is 51.3 Å². The van der Waals surface area contributed by atoms with Crippen molar-refractivity contribution >= 4 is 5.96 Å². The van der Waals surface area contributed by atoms with Crippen LogP contribution in [0.1, 0.15) is 19.8 Å². The fourth-order valence-corrected chi connectivity index (χ4v) is 1.98. The summed E-state index contributed by atoms with van der Waals surface area (Å²) >= 11 is 0. The third-order valence-corrected chi connectivity index (χ3v) is 2.76. The summed E-state index contributed by atoms with van der Waals surface area (Å²) in [6.45, 7) is 6.09. The van der Waals surface area contributed by atoms with Gasteiger partial charge in [-0.15, -0.1) is 0 Å². The quantitative estimate of drug-likeness (QED) is 0.431. The summed E-state index contributed by atoms with van der Waals surface area (Å²) in [6.07, 6.45) is 2.61. The van der Waals surface area contributed by atoms with Crippen LogP contribution in [0.3, 0.4) is 0 Å². The lowest BCUT2D eigenvalue weighted by atomic mass is 10.0. The van der Waals surface area contributed by atoms with E-state index in [0.717, 1.165) is 38.1 Å². The van der Waals surface area contributed by atoms with E-state index in [4.69, 9.17) is 4.74 Å². The minimum absolute atomic E-state index is 0.725. The largest absolute Gasteiger partial charge is 0.383 e. The second-order valence-electron chi connectivity index (χ2n) is 4.16. The van der Waals surface area contributed by atoms with Gasteiger partial charge in [0, 0.05) is 33.8 Å². The van der Waals surface area contributed by atoms with Crippen molar-refractivity contribution in [2.75, 3.05) is 40.4 Å². The molecule has 1 atom stereocenters. The molecule has 4 nitrogen and oxygen atoms in total. The van der Waals surface area contributed by atoms with Gasteiger partial charge >= 0.3 is 0 Å². The number of hydrogen-bond donors (Lipinski definition) is 1. The Labute approximate surface area is 92.7 Å². The molecule has 4 heteroatoms. The van der Waals surface area contributed by atoms with Crippen molar-refractivity contribution in [1.29, 1.82) is 0 Å². The Morgan fingerprint density at radius 1 is 1.60 bits per heavy atom. The number of rotatable bonds is 3. The van der Waals surface area contributed by atoms with Crippen molar-refractivity contribution in [3.05, 3.63) is 0 Å². The predicted molar refractivity (Wildman–Crippen MR) is 63.2 cm³/mol. The summed E-state index contributed by atoms with van der Waals surface area (Å²) in [5.74, 6) is 1.79. The smallest absolute Gasteiger partial charge is 0.193 e. The molecule has 1 unspecified atom stereocenters. The molecule has 0 amide bonds. The molecule has 0 spiro atoms. The lowest BCUT2D eigenvalue weighted by molar-refractivity contribution is 0.201. The molecule has 1 fully saturated rings. The highest BCUT2D eigenvalue weighted by molar-refractivity contribution is 5.79. The van der Waals surface area contributed by atoms with Crippen LogP contribution in [0.15, 0.2) is 4.99 Å². The Bertz CT molecular complexity index is 206. The van der Waals surface area contributed by atoms with Crippen LogP contribution in [-0.2, 0) is 4.74 Å². The molecule has 1 rings (SSSR count). The summed E-state index contributed by atoms with van der Waals surface area (Å²) in [5, 5.41) is 3.31. The molecule has 1 aliphatic heterocycles. The Balaban J connectivity index is 2.36. The SMILES string of the molecule is CN=C(NCCOC)N1CCCC(C)C1. The Morgan fingerprint density at radius 3 is 3.00 bits per heavy atom. The maximum absolute atomic E-state index is 5.01. The molecule has 0 bridgehead atoms.